The molecular formula is C27H58O5Si3. The fourth-order valence-electron chi connectivity index (χ4n) is 5.02. The summed E-state index contributed by atoms with van der Waals surface area (Å²) in [6.45, 7) is 30.3. The zero-order valence-corrected chi connectivity index (χ0v) is 28.1. The molecule has 0 bridgehead atoms. The third-order valence-corrected chi connectivity index (χ3v) is 18.2. The lowest BCUT2D eigenvalue weighted by Crippen LogP contribution is -2.64. The van der Waals surface area contributed by atoms with Crippen molar-refractivity contribution in [3.63, 3.8) is 0 Å². The van der Waals surface area contributed by atoms with Crippen molar-refractivity contribution in [2.24, 2.45) is 0 Å². The average molecular weight is 547 g/mol. The molecule has 0 saturated heterocycles. The minimum Gasteiger partial charge on any atom is -0.460 e. The largest absolute Gasteiger partial charge is 0.460 e. The van der Waals surface area contributed by atoms with Crippen LogP contribution >= 0.6 is 0 Å². The molecule has 1 unspecified atom stereocenters. The smallest absolute Gasteiger partial charge is 0.333 e. The normalized spacial score (nSPS) is 14.1. The van der Waals surface area contributed by atoms with E-state index < -0.39 is 24.7 Å². The van der Waals surface area contributed by atoms with Gasteiger partial charge in [-0.15, -0.1) is 0 Å². The Morgan fingerprint density at radius 2 is 1.49 bits per heavy atom. The Labute approximate surface area is 221 Å². The van der Waals surface area contributed by atoms with Crippen molar-refractivity contribution >= 4 is 30.7 Å². The van der Waals surface area contributed by atoms with Crippen LogP contribution in [0.5, 0.6) is 0 Å². The summed E-state index contributed by atoms with van der Waals surface area (Å²) >= 11 is 0. The number of hydrogen-bond acceptors (Lipinski definition) is 5. The van der Waals surface area contributed by atoms with Gasteiger partial charge in [0.25, 0.3) is 0 Å². The van der Waals surface area contributed by atoms with E-state index in [1.54, 1.807) is 6.92 Å². The molecule has 0 radical (unpaired) electrons. The highest BCUT2D eigenvalue weighted by atomic mass is 28.4. The molecule has 0 aromatic heterocycles. The van der Waals surface area contributed by atoms with Crippen LogP contribution < -0.4 is 0 Å². The SMILES string of the molecule is C=C(C)C(=O)OCCOCCC[Si](C)(C)C(CC)O[Si](C)(C)C(CC)(CC)O[Si](C)(C)CCCC. The molecule has 0 aliphatic heterocycles. The molecule has 208 valence electrons. The van der Waals surface area contributed by atoms with Gasteiger partial charge in [0, 0.05) is 17.9 Å². The quantitative estimate of drug-likeness (QED) is 0.0672. The van der Waals surface area contributed by atoms with Crippen LogP contribution in [0.3, 0.4) is 0 Å². The molecule has 8 heteroatoms. The second-order valence-electron chi connectivity index (χ2n) is 11.8. The van der Waals surface area contributed by atoms with Gasteiger partial charge in [0.05, 0.1) is 19.9 Å². The lowest BCUT2D eigenvalue weighted by atomic mass is 10.2. The molecule has 0 spiro atoms. The summed E-state index contributed by atoms with van der Waals surface area (Å²) in [6.07, 6.45) is 6.58. The van der Waals surface area contributed by atoms with Gasteiger partial charge >= 0.3 is 5.97 Å². The highest BCUT2D eigenvalue weighted by Gasteiger charge is 2.52. The van der Waals surface area contributed by atoms with Crippen LogP contribution in [0.2, 0.25) is 51.4 Å². The Hall–Kier alpha value is -0.259. The van der Waals surface area contributed by atoms with Gasteiger partial charge in [-0.1, -0.05) is 66.3 Å². The molecule has 0 aliphatic carbocycles. The van der Waals surface area contributed by atoms with E-state index in [2.05, 4.69) is 73.6 Å². The van der Waals surface area contributed by atoms with E-state index in [9.17, 15) is 4.79 Å². The predicted molar refractivity (Wildman–Crippen MR) is 158 cm³/mol. The van der Waals surface area contributed by atoms with E-state index in [1.807, 2.05) is 0 Å². The third kappa shape index (κ3) is 11.8. The van der Waals surface area contributed by atoms with Crippen molar-refractivity contribution in [1.82, 2.24) is 0 Å². The van der Waals surface area contributed by atoms with Gasteiger partial charge in [-0.3, -0.25) is 0 Å². The average Bonchev–Trinajstić information content (AvgIpc) is 2.78. The third-order valence-electron chi connectivity index (χ3n) is 7.44. The van der Waals surface area contributed by atoms with Crippen LogP contribution in [0, 0.1) is 0 Å². The highest BCUT2D eigenvalue weighted by Crippen LogP contribution is 2.39. The van der Waals surface area contributed by atoms with Gasteiger partial charge in [-0.05, 0) is 64.8 Å². The Bertz CT molecular complexity index is 630. The molecule has 0 aromatic rings. The van der Waals surface area contributed by atoms with Gasteiger partial charge < -0.3 is 18.3 Å². The first-order chi connectivity index (χ1) is 16.1. The van der Waals surface area contributed by atoms with Gasteiger partial charge in [-0.2, -0.15) is 0 Å². The minimum atomic E-state index is -2.15. The summed E-state index contributed by atoms with van der Waals surface area (Å²) < 4.78 is 25.1. The number of hydrogen-bond donors (Lipinski definition) is 0. The van der Waals surface area contributed by atoms with Crippen molar-refractivity contribution < 1.29 is 23.1 Å². The Morgan fingerprint density at radius 3 is 1.97 bits per heavy atom. The molecule has 0 fully saturated rings. The molecule has 1 atom stereocenters. The van der Waals surface area contributed by atoms with Crippen molar-refractivity contribution in [1.29, 1.82) is 0 Å². The van der Waals surface area contributed by atoms with E-state index >= 15 is 0 Å². The first kappa shape index (κ1) is 34.7. The van der Waals surface area contributed by atoms with Crippen LogP contribution in [-0.2, 0) is 23.1 Å². The predicted octanol–water partition coefficient (Wildman–Crippen LogP) is 7.88. The molecule has 0 heterocycles. The summed E-state index contributed by atoms with van der Waals surface area (Å²) in [4.78, 5) is 11.4. The van der Waals surface area contributed by atoms with E-state index in [-0.39, 0.29) is 17.8 Å². The van der Waals surface area contributed by atoms with Gasteiger partial charge in [0.15, 0.2) is 8.32 Å². The standard InChI is InChI=1S/C27H58O5Si3/c1-13-17-23-34(9,10)32-27(15-3,16-4)35(11,12)31-25(14-2)33(7,8)22-18-19-29-20-21-30-26(28)24(5)6/h25H,5,13-23H2,1-4,6-12H3. The van der Waals surface area contributed by atoms with Crippen LogP contribution in [0.1, 0.15) is 73.1 Å². The van der Waals surface area contributed by atoms with E-state index in [0.29, 0.717) is 24.5 Å². The fraction of sp³-hybridized carbons (Fsp3) is 0.889. The zero-order chi connectivity index (χ0) is 27.3. The van der Waals surface area contributed by atoms with Crippen molar-refractivity contribution in [3.8, 4) is 0 Å². The van der Waals surface area contributed by atoms with E-state index in [0.717, 1.165) is 31.7 Å². The van der Waals surface area contributed by atoms with E-state index in [1.165, 1.54) is 18.9 Å². The lowest BCUT2D eigenvalue weighted by Gasteiger charge is -2.50. The van der Waals surface area contributed by atoms with Crippen LogP contribution in [0.4, 0.5) is 0 Å². The van der Waals surface area contributed by atoms with Gasteiger partial charge in [0.2, 0.25) is 8.32 Å². The van der Waals surface area contributed by atoms with Crippen LogP contribution in [0.25, 0.3) is 0 Å². The topological polar surface area (TPSA) is 54.0 Å². The monoisotopic (exact) mass is 546 g/mol. The zero-order valence-electron chi connectivity index (χ0n) is 25.1. The second kappa shape index (κ2) is 15.9. The number of unbranched alkanes of at least 4 members (excludes halogenated alkanes) is 1. The Morgan fingerprint density at radius 1 is 0.886 bits per heavy atom. The van der Waals surface area contributed by atoms with Crippen LogP contribution in [0.15, 0.2) is 12.2 Å². The summed E-state index contributed by atoms with van der Waals surface area (Å²) in [5, 5.41) is -0.126. The number of esters is 1. The second-order valence-corrected chi connectivity index (χ2v) is 25.3. The molecule has 0 amide bonds. The minimum absolute atomic E-state index is 0.126. The number of ether oxygens (including phenoxy) is 2. The van der Waals surface area contributed by atoms with E-state index in [4.69, 9.17) is 18.3 Å². The summed E-state index contributed by atoms with van der Waals surface area (Å²) in [7, 11) is -5.54. The highest BCUT2D eigenvalue weighted by molar-refractivity contribution is 6.81. The number of carbonyl (C=O) groups is 1. The maximum atomic E-state index is 11.4. The summed E-state index contributed by atoms with van der Waals surface area (Å²) in [5.41, 5.74) is 0.740. The molecule has 0 aliphatic rings. The summed E-state index contributed by atoms with van der Waals surface area (Å²) in [5.74, 6) is -0.354. The molecule has 0 saturated carbocycles. The first-order valence-electron chi connectivity index (χ1n) is 13.9. The maximum Gasteiger partial charge on any atom is 0.333 e. The van der Waals surface area contributed by atoms with Crippen LogP contribution in [-0.4, -0.2) is 61.5 Å². The van der Waals surface area contributed by atoms with Crippen molar-refractivity contribution in [2.75, 3.05) is 19.8 Å². The van der Waals surface area contributed by atoms with Crippen molar-refractivity contribution in [3.05, 3.63) is 12.2 Å². The van der Waals surface area contributed by atoms with Crippen molar-refractivity contribution in [2.45, 2.75) is 135 Å². The summed E-state index contributed by atoms with van der Waals surface area (Å²) in [6, 6.07) is 2.38. The molecular weight excluding hydrogens is 489 g/mol. The molecule has 35 heavy (non-hydrogen) atoms. The fourth-order valence-corrected chi connectivity index (χ4v) is 16.9. The van der Waals surface area contributed by atoms with Gasteiger partial charge in [-0.25, -0.2) is 4.79 Å². The molecule has 5 nitrogen and oxygen atoms in total. The maximum absolute atomic E-state index is 11.4. The Kier molecular flexibility index (Phi) is 15.8. The molecule has 0 rings (SSSR count). The lowest BCUT2D eigenvalue weighted by molar-refractivity contribution is -0.140. The number of carbonyl (C=O) groups excluding carboxylic acids is 1. The number of rotatable bonds is 20. The molecule has 0 aromatic carbocycles. The first-order valence-corrected chi connectivity index (χ1v) is 23.2. The molecule has 0 N–H and O–H groups in total. The van der Waals surface area contributed by atoms with Gasteiger partial charge in [0.1, 0.15) is 6.61 Å². The Balaban J connectivity index is 5.08.